The van der Waals surface area contributed by atoms with E-state index in [0.717, 1.165) is 27.9 Å². The van der Waals surface area contributed by atoms with E-state index in [0.29, 0.717) is 6.42 Å². The summed E-state index contributed by atoms with van der Waals surface area (Å²) in [6, 6.07) is 11.6. The first-order chi connectivity index (χ1) is 13.2. The first-order valence-corrected chi connectivity index (χ1v) is 8.51. The van der Waals surface area contributed by atoms with Crippen molar-refractivity contribution < 1.29 is 13.9 Å². The second kappa shape index (κ2) is 7.20. The molecule has 0 spiro atoms. The predicted octanol–water partition coefficient (Wildman–Crippen LogP) is 3.09. The number of fused-ring (bicyclic) bond motifs is 1. The third-order valence-electron chi connectivity index (χ3n) is 4.49. The molecule has 1 aliphatic heterocycles. The number of carbonyl (C=O) groups is 1. The number of ether oxygens (including phenoxy) is 1. The second-order valence-electron chi connectivity index (χ2n) is 6.25. The predicted molar refractivity (Wildman–Crippen MR) is 98.6 cm³/mol. The lowest BCUT2D eigenvalue weighted by atomic mass is 9.98. The fourth-order valence-electron chi connectivity index (χ4n) is 3.19. The SMILES string of the molecule is COCC(=O)N1N=C(c2ccc(F)cc2)C[C@H]1c1ccc2nccnc2c1. The summed E-state index contributed by atoms with van der Waals surface area (Å²) in [6.07, 6.45) is 3.80. The Morgan fingerprint density at radius 1 is 1.15 bits per heavy atom. The number of aromatic nitrogens is 2. The van der Waals surface area contributed by atoms with Gasteiger partial charge in [0.25, 0.3) is 5.91 Å². The van der Waals surface area contributed by atoms with Gasteiger partial charge in [-0.3, -0.25) is 14.8 Å². The maximum atomic E-state index is 13.2. The van der Waals surface area contributed by atoms with Crippen LogP contribution in [0.15, 0.2) is 60.0 Å². The van der Waals surface area contributed by atoms with E-state index in [-0.39, 0.29) is 24.4 Å². The minimum Gasteiger partial charge on any atom is -0.375 e. The molecule has 0 saturated heterocycles. The quantitative estimate of drug-likeness (QED) is 0.713. The lowest BCUT2D eigenvalue weighted by molar-refractivity contribution is -0.137. The molecule has 6 nitrogen and oxygen atoms in total. The Labute approximate surface area is 155 Å². The van der Waals surface area contributed by atoms with E-state index in [2.05, 4.69) is 15.1 Å². The molecule has 1 aliphatic rings. The largest absolute Gasteiger partial charge is 0.375 e. The average Bonchev–Trinajstić information content (AvgIpc) is 3.14. The van der Waals surface area contributed by atoms with Crippen molar-refractivity contribution in [3.8, 4) is 0 Å². The van der Waals surface area contributed by atoms with Gasteiger partial charge in [-0.15, -0.1) is 0 Å². The van der Waals surface area contributed by atoms with Crippen LogP contribution in [0.5, 0.6) is 0 Å². The summed E-state index contributed by atoms with van der Waals surface area (Å²) in [5, 5.41) is 5.95. The summed E-state index contributed by atoms with van der Waals surface area (Å²) in [4.78, 5) is 21.1. The maximum absolute atomic E-state index is 13.2. The van der Waals surface area contributed by atoms with Crippen molar-refractivity contribution in [3.05, 3.63) is 71.8 Å². The molecule has 0 aliphatic carbocycles. The Morgan fingerprint density at radius 2 is 1.89 bits per heavy atom. The number of carbonyl (C=O) groups excluding carboxylic acids is 1. The Kier molecular flexibility index (Phi) is 4.60. The van der Waals surface area contributed by atoms with E-state index >= 15 is 0 Å². The van der Waals surface area contributed by atoms with E-state index in [9.17, 15) is 9.18 Å². The van der Waals surface area contributed by atoms with Gasteiger partial charge < -0.3 is 4.74 Å². The van der Waals surface area contributed by atoms with Crippen LogP contribution < -0.4 is 0 Å². The van der Waals surface area contributed by atoms with Gasteiger partial charge in [0.05, 0.1) is 22.8 Å². The Bertz CT molecular complexity index is 1020. The van der Waals surface area contributed by atoms with Crippen molar-refractivity contribution in [2.24, 2.45) is 5.10 Å². The molecule has 0 saturated carbocycles. The topological polar surface area (TPSA) is 67.7 Å². The number of nitrogens with zero attached hydrogens (tertiary/aromatic N) is 4. The highest BCUT2D eigenvalue weighted by molar-refractivity contribution is 6.03. The summed E-state index contributed by atoms with van der Waals surface area (Å²) in [7, 11) is 1.47. The molecule has 3 aromatic rings. The smallest absolute Gasteiger partial charge is 0.269 e. The summed E-state index contributed by atoms with van der Waals surface area (Å²) in [5.41, 5.74) is 3.96. The molecule has 0 N–H and O–H groups in total. The number of hydrogen-bond donors (Lipinski definition) is 0. The number of amides is 1. The van der Waals surface area contributed by atoms with Crippen molar-refractivity contribution in [2.45, 2.75) is 12.5 Å². The zero-order valence-electron chi connectivity index (χ0n) is 14.7. The summed E-state index contributed by atoms with van der Waals surface area (Å²) in [6.45, 7) is -0.0654. The van der Waals surface area contributed by atoms with Crippen molar-refractivity contribution >= 4 is 22.7 Å². The first-order valence-electron chi connectivity index (χ1n) is 8.51. The van der Waals surface area contributed by atoms with E-state index in [1.165, 1.54) is 24.3 Å². The molecular weight excluding hydrogens is 347 g/mol. The standard InChI is InChI=1S/C20H17FN4O2/c1-27-12-20(26)25-19(11-17(24-25)13-2-5-15(21)6-3-13)14-4-7-16-18(10-14)23-9-8-22-16/h2-10,19H,11-12H2,1H3/t19-/m0/s1. The lowest BCUT2D eigenvalue weighted by Crippen LogP contribution is -2.30. The highest BCUT2D eigenvalue weighted by atomic mass is 19.1. The Hall–Kier alpha value is -3.19. The monoisotopic (exact) mass is 364 g/mol. The van der Waals surface area contributed by atoms with E-state index in [4.69, 9.17) is 4.74 Å². The fourth-order valence-corrected chi connectivity index (χ4v) is 3.19. The summed E-state index contributed by atoms with van der Waals surface area (Å²) < 4.78 is 18.2. The number of methoxy groups -OCH3 is 1. The molecule has 0 fully saturated rings. The normalized spacial score (nSPS) is 16.6. The van der Waals surface area contributed by atoms with Gasteiger partial charge in [0.1, 0.15) is 12.4 Å². The van der Waals surface area contributed by atoms with Gasteiger partial charge in [0, 0.05) is 25.9 Å². The van der Waals surface area contributed by atoms with Crippen LogP contribution in [0.3, 0.4) is 0 Å². The van der Waals surface area contributed by atoms with E-state index < -0.39 is 0 Å². The average molecular weight is 364 g/mol. The van der Waals surface area contributed by atoms with Crippen LogP contribution in [0.2, 0.25) is 0 Å². The van der Waals surface area contributed by atoms with Gasteiger partial charge in [0.2, 0.25) is 0 Å². The molecule has 27 heavy (non-hydrogen) atoms. The van der Waals surface area contributed by atoms with Crippen LogP contribution in [0.25, 0.3) is 11.0 Å². The van der Waals surface area contributed by atoms with Crippen LogP contribution in [-0.4, -0.2) is 40.3 Å². The van der Waals surface area contributed by atoms with Gasteiger partial charge in [-0.1, -0.05) is 18.2 Å². The molecule has 0 bridgehead atoms. The van der Waals surface area contributed by atoms with Crippen molar-refractivity contribution in [3.63, 3.8) is 0 Å². The lowest BCUT2D eigenvalue weighted by Gasteiger charge is -2.21. The van der Waals surface area contributed by atoms with Gasteiger partial charge >= 0.3 is 0 Å². The van der Waals surface area contributed by atoms with Gasteiger partial charge in [-0.2, -0.15) is 5.10 Å². The molecule has 7 heteroatoms. The van der Waals surface area contributed by atoms with Crippen LogP contribution in [0.1, 0.15) is 23.6 Å². The molecule has 1 aromatic heterocycles. The highest BCUT2D eigenvalue weighted by Crippen LogP contribution is 2.33. The highest BCUT2D eigenvalue weighted by Gasteiger charge is 2.33. The molecule has 2 heterocycles. The van der Waals surface area contributed by atoms with Crippen LogP contribution >= 0.6 is 0 Å². The third kappa shape index (κ3) is 3.41. The van der Waals surface area contributed by atoms with E-state index in [1.807, 2.05) is 18.2 Å². The van der Waals surface area contributed by atoms with Gasteiger partial charge in [-0.25, -0.2) is 9.40 Å². The summed E-state index contributed by atoms with van der Waals surface area (Å²) in [5.74, 6) is -0.548. The van der Waals surface area contributed by atoms with Crippen molar-refractivity contribution in [2.75, 3.05) is 13.7 Å². The molecule has 0 radical (unpaired) electrons. The van der Waals surface area contributed by atoms with Crippen LogP contribution in [0, 0.1) is 5.82 Å². The Balaban J connectivity index is 1.71. The Morgan fingerprint density at radius 3 is 2.63 bits per heavy atom. The van der Waals surface area contributed by atoms with E-state index in [1.54, 1.807) is 24.5 Å². The number of halogens is 1. The fraction of sp³-hybridized carbons (Fsp3) is 0.200. The molecule has 136 valence electrons. The number of hydrazone groups is 1. The van der Waals surface area contributed by atoms with Crippen LogP contribution in [0.4, 0.5) is 4.39 Å². The van der Waals surface area contributed by atoms with Gasteiger partial charge in [-0.05, 0) is 35.4 Å². The molecular formula is C20H17FN4O2. The van der Waals surface area contributed by atoms with Gasteiger partial charge in [0.15, 0.2) is 0 Å². The summed E-state index contributed by atoms with van der Waals surface area (Å²) >= 11 is 0. The minimum absolute atomic E-state index is 0.0654. The molecule has 2 aromatic carbocycles. The third-order valence-corrected chi connectivity index (χ3v) is 4.49. The molecule has 4 rings (SSSR count). The number of benzene rings is 2. The number of hydrogen-bond acceptors (Lipinski definition) is 5. The number of rotatable bonds is 4. The van der Waals surface area contributed by atoms with Crippen molar-refractivity contribution in [1.29, 1.82) is 0 Å². The molecule has 1 atom stereocenters. The second-order valence-corrected chi connectivity index (χ2v) is 6.25. The minimum atomic E-state index is -0.311. The van der Waals surface area contributed by atoms with Crippen LogP contribution in [-0.2, 0) is 9.53 Å². The molecule has 0 unspecified atom stereocenters. The maximum Gasteiger partial charge on any atom is 0.269 e. The van der Waals surface area contributed by atoms with Crippen molar-refractivity contribution in [1.82, 2.24) is 15.0 Å². The first kappa shape index (κ1) is 17.2. The zero-order chi connectivity index (χ0) is 18.8. The zero-order valence-corrected chi connectivity index (χ0v) is 14.7. The molecule has 1 amide bonds.